The molecule has 26 heavy (non-hydrogen) atoms. The highest BCUT2D eigenvalue weighted by Gasteiger charge is 2.27. The van der Waals surface area contributed by atoms with Crippen LogP contribution in [0.25, 0.3) is 5.57 Å². The Balaban J connectivity index is 1.56. The molecule has 2 aromatic rings. The Kier molecular flexibility index (Phi) is 5.17. The molecule has 7 heteroatoms. The second-order valence-electron chi connectivity index (χ2n) is 5.65. The van der Waals surface area contributed by atoms with Gasteiger partial charge in [0.05, 0.1) is 0 Å². The van der Waals surface area contributed by atoms with Crippen LogP contribution < -0.4 is 20.3 Å². The maximum absolute atomic E-state index is 13.7. The van der Waals surface area contributed by atoms with Crippen LogP contribution in [0, 0.1) is 5.82 Å². The van der Waals surface area contributed by atoms with Crippen molar-refractivity contribution in [1.82, 2.24) is 10.9 Å². The highest BCUT2D eigenvalue weighted by molar-refractivity contribution is 5.96. The summed E-state index contributed by atoms with van der Waals surface area (Å²) in [6.07, 6.45) is 0.313. The third-order valence-corrected chi connectivity index (χ3v) is 3.76. The molecule has 1 aliphatic heterocycles. The van der Waals surface area contributed by atoms with Gasteiger partial charge in [-0.05, 0) is 30.7 Å². The Hall–Kier alpha value is -3.35. The molecule has 0 bridgehead atoms. The number of hydrogen-bond acceptors (Lipinski definition) is 4. The molecule has 6 nitrogen and oxygen atoms in total. The fourth-order valence-corrected chi connectivity index (χ4v) is 2.44. The van der Waals surface area contributed by atoms with Crippen molar-refractivity contribution < 1.29 is 23.5 Å². The van der Waals surface area contributed by atoms with Gasteiger partial charge in [-0.25, -0.2) is 4.39 Å². The molecule has 1 unspecified atom stereocenters. The van der Waals surface area contributed by atoms with Crippen molar-refractivity contribution in [3.8, 4) is 11.5 Å². The molecule has 0 saturated carbocycles. The van der Waals surface area contributed by atoms with Crippen molar-refractivity contribution in [3.63, 3.8) is 0 Å². The first-order valence-electron chi connectivity index (χ1n) is 7.96. The van der Waals surface area contributed by atoms with Crippen molar-refractivity contribution in [2.45, 2.75) is 13.0 Å². The van der Waals surface area contributed by atoms with E-state index in [9.17, 15) is 14.0 Å². The molecule has 1 atom stereocenters. The van der Waals surface area contributed by atoms with E-state index in [1.54, 1.807) is 49.4 Å². The Morgan fingerprint density at radius 2 is 1.77 bits per heavy atom. The van der Waals surface area contributed by atoms with Crippen LogP contribution in [0.5, 0.6) is 11.5 Å². The van der Waals surface area contributed by atoms with Gasteiger partial charge in [-0.1, -0.05) is 30.3 Å². The summed E-state index contributed by atoms with van der Waals surface area (Å²) in [6.45, 7) is 1.64. The standard InChI is InChI=1S/C19H17FN2O4/c1-12(13-6-2-3-7-14(13)20)10-18(23)21-22-19(24)17-11-25-15-8-4-5-9-16(15)26-17/h2-10,17H,11H2,1H3,(H,21,23)(H,22,24). The van der Waals surface area contributed by atoms with Crippen LogP contribution in [0.15, 0.2) is 54.6 Å². The van der Waals surface area contributed by atoms with Gasteiger partial charge in [-0.2, -0.15) is 0 Å². The molecule has 0 aromatic heterocycles. The quantitative estimate of drug-likeness (QED) is 0.653. The molecule has 0 fully saturated rings. The van der Waals surface area contributed by atoms with Gasteiger partial charge < -0.3 is 9.47 Å². The number of carbonyl (C=O) groups is 2. The van der Waals surface area contributed by atoms with Crippen LogP contribution in [-0.4, -0.2) is 24.5 Å². The van der Waals surface area contributed by atoms with E-state index in [1.165, 1.54) is 12.1 Å². The number of carbonyl (C=O) groups excluding carboxylic acids is 2. The topological polar surface area (TPSA) is 76.7 Å². The maximum Gasteiger partial charge on any atom is 0.283 e. The van der Waals surface area contributed by atoms with Gasteiger partial charge in [0.2, 0.25) is 6.10 Å². The van der Waals surface area contributed by atoms with E-state index in [-0.39, 0.29) is 6.61 Å². The second-order valence-corrected chi connectivity index (χ2v) is 5.65. The van der Waals surface area contributed by atoms with Crippen molar-refractivity contribution in [2.75, 3.05) is 6.61 Å². The normalized spacial score (nSPS) is 15.9. The van der Waals surface area contributed by atoms with Gasteiger partial charge >= 0.3 is 0 Å². The molecule has 2 N–H and O–H groups in total. The van der Waals surface area contributed by atoms with E-state index in [0.29, 0.717) is 22.6 Å². The predicted molar refractivity (Wildman–Crippen MR) is 92.7 cm³/mol. The summed E-state index contributed by atoms with van der Waals surface area (Å²) in [7, 11) is 0. The van der Waals surface area contributed by atoms with Gasteiger partial charge in [0, 0.05) is 11.6 Å². The maximum atomic E-state index is 13.7. The summed E-state index contributed by atoms with van der Waals surface area (Å²) in [5.74, 6) is -0.546. The summed E-state index contributed by atoms with van der Waals surface area (Å²) in [5.41, 5.74) is 5.27. The van der Waals surface area contributed by atoms with Crippen LogP contribution >= 0.6 is 0 Å². The SMILES string of the molecule is CC(=CC(=O)NNC(=O)C1COc2ccccc2O1)c1ccccc1F. The molecule has 0 saturated heterocycles. The Labute approximate surface area is 149 Å². The van der Waals surface area contributed by atoms with E-state index in [1.807, 2.05) is 0 Å². The Morgan fingerprint density at radius 3 is 2.54 bits per heavy atom. The number of amides is 2. The molecule has 1 heterocycles. The molecule has 0 aliphatic carbocycles. The third-order valence-electron chi connectivity index (χ3n) is 3.76. The lowest BCUT2D eigenvalue weighted by atomic mass is 10.1. The fourth-order valence-electron chi connectivity index (χ4n) is 2.44. The average molecular weight is 356 g/mol. The third kappa shape index (κ3) is 4.00. The van der Waals surface area contributed by atoms with Gasteiger partial charge in [-0.3, -0.25) is 20.4 Å². The number of benzene rings is 2. The minimum atomic E-state index is -0.887. The van der Waals surface area contributed by atoms with Gasteiger partial charge in [0.25, 0.3) is 11.8 Å². The highest BCUT2D eigenvalue weighted by atomic mass is 19.1. The number of fused-ring (bicyclic) bond motifs is 1. The van der Waals surface area contributed by atoms with Crippen LogP contribution in [0.2, 0.25) is 0 Å². The number of hydrogen-bond donors (Lipinski definition) is 2. The van der Waals surface area contributed by atoms with Crippen LogP contribution in [-0.2, 0) is 9.59 Å². The van der Waals surface area contributed by atoms with Crippen LogP contribution in [0.4, 0.5) is 4.39 Å². The monoisotopic (exact) mass is 356 g/mol. The van der Waals surface area contributed by atoms with Crippen LogP contribution in [0.3, 0.4) is 0 Å². The molecular formula is C19H17FN2O4. The lowest BCUT2D eigenvalue weighted by Crippen LogP contribution is -2.50. The Bertz CT molecular complexity index is 866. The first kappa shape index (κ1) is 17.5. The van der Waals surface area contributed by atoms with Gasteiger partial charge in [-0.15, -0.1) is 0 Å². The number of halogens is 1. The zero-order valence-electron chi connectivity index (χ0n) is 14.0. The number of hydrazine groups is 1. The first-order chi connectivity index (χ1) is 12.5. The first-order valence-corrected chi connectivity index (χ1v) is 7.96. The lowest BCUT2D eigenvalue weighted by Gasteiger charge is -2.25. The summed E-state index contributed by atoms with van der Waals surface area (Å²) < 4.78 is 24.7. The van der Waals surface area contributed by atoms with Gasteiger partial charge in [0.15, 0.2) is 11.5 Å². The van der Waals surface area contributed by atoms with Crippen LogP contribution in [0.1, 0.15) is 12.5 Å². The zero-order chi connectivity index (χ0) is 18.5. The zero-order valence-corrected chi connectivity index (χ0v) is 14.0. The lowest BCUT2D eigenvalue weighted by molar-refractivity contribution is -0.134. The Morgan fingerprint density at radius 1 is 1.08 bits per heavy atom. The molecule has 0 radical (unpaired) electrons. The summed E-state index contributed by atoms with van der Waals surface area (Å²) >= 11 is 0. The molecule has 1 aliphatic rings. The molecule has 0 spiro atoms. The average Bonchev–Trinajstić information content (AvgIpc) is 2.66. The van der Waals surface area contributed by atoms with Crippen molar-refractivity contribution in [1.29, 1.82) is 0 Å². The number of para-hydroxylation sites is 2. The summed E-state index contributed by atoms with van der Waals surface area (Å²) in [5, 5.41) is 0. The van der Waals surface area contributed by atoms with E-state index in [0.717, 1.165) is 0 Å². The summed E-state index contributed by atoms with van der Waals surface area (Å²) in [6, 6.07) is 13.1. The minimum Gasteiger partial charge on any atom is -0.485 e. The molecule has 134 valence electrons. The predicted octanol–water partition coefficient (Wildman–Crippen LogP) is 2.22. The summed E-state index contributed by atoms with van der Waals surface area (Å²) in [4.78, 5) is 24.0. The van der Waals surface area contributed by atoms with E-state index < -0.39 is 23.7 Å². The number of rotatable bonds is 3. The van der Waals surface area contributed by atoms with E-state index in [2.05, 4.69) is 10.9 Å². The molecule has 2 aromatic carbocycles. The minimum absolute atomic E-state index is 0.0306. The number of nitrogens with one attached hydrogen (secondary N) is 2. The number of allylic oxidation sites excluding steroid dienone is 1. The largest absolute Gasteiger partial charge is 0.485 e. The van der Waals surface area contributed by atoms with Crippen molar-refractivity contribution >= 4 is 17.4 Å². The molecule has 2 amide bonds. The second kappa shape index (κ2) is 7.69. The highest BCUT2D eigenvalue weighted by Crippen LogP contribution is 2.30. The van der Waals surface area contributed by atoms with E-state index in [4.69, 9.17) is 9.47 Å². The molecule has 3 rings (SSSR count). The smallest absolute Gasteiger partial charge is 0.283 e. The van der Waals surface area contributed by atoms with Crippen molar-refractivity contribution in [2.24, 2.45) is 0 Å². The fraction of sp³-hybridized carbons (Fsp3) is 0.158. The van der Waals surface area contributed by atoms with Gasteiger partial charge in [0.1, 0.15) is 12.4 Å². The van der Waals surface area contributed by atoms with Crippen molar-refractivity contribution in [3.05, 3.63) is 66.0 Å². The molecular weight excluding hydrogens is 339 g/mol. The number of ether oxygens (including phenoxy) is 2. The van der Waals surface area contributed by atoms with E-state index >= 15 is 0 Å².